The van der Waals surface area contributed by atoms with Gasteiger partial charge in [0.25, 0.3) is 0 Å². The first-order chi connectivity index (χ1) is 14.8. The predicted octanol–water partition coefficient (Wildman–Crippen LogP) is 3.89. The van der Waals surface area contributed by atoms with Crippen molar-refractivity contribution in [2.75, 3.05) is 38.5 Å². The molecule has 3 aromatic rings. The number of rotatable bonds is 2. The van der Waals surface area contributed by atoms with Crippen LogP contribution < -0.4 is 9.84 Å². The second-order valence-electron chi connectivity index (χ2n) is 7.56. The van der Waals surface area contributed by atoms with Gasteiger partial charge in [-0.05, 0) is 43.4 Å². The summed E-state index contributed by atoms with van der Waals surface area (Å²) in [5, 5.41) is 4.88. The molecule has 8 nitrogen and oxygen atoms in total. The third kappa shape index (κ3) is 4.05. The van der Waals surface area contributed by atoms with E-state index in [4.69, 9.17) is 9.52 Å². The van der Waals surface area contributed by atoms with Gasteiger partial charge in [0.05, 0.1) is 16.9 Å². The maximum atomic E-state index is 13.9. The molecule has 1 aromatic heterocycles. The fourth-order valence-electron chi connectivity index (χ4n) is 3.83. The lowest BCUT2D eigenvalue weighted by molar-refractivity contribution is 0.216. The third-order valence-electron chi connectivity index (χ3n) is 5.34. The quantitative estimate of drug-likeness (QED) is 0.497. The molecule has 31 heavy (non-hydrogen) atoms. The van der Waals surface area contributed by atoms with E-state index in [1.54, 1.807) is 18.2 Å². The molecule has 0 unspecified atom stereocenters. The first-order valence-electron chi connectivity index (χ1n) is 9.68. The molecule has 0 aliphatic carbocycles. The molecule has 0 amide bonds. The summed E-state index contributed by atoms with van der Waals surface area (Å²) in [5.74, 6) is 0.469. The topological polar surface area (TPSA) is 97.6 Å². The van der Waals surface area contributed by atoms with Crippen molar-refractivity contribution in [3.63, 3.8) is 0 Å². The highest BCUT2D eigenvalue weighted by Crippen LogP contribution is 2.46. The van der Waals surface area contributed by atoms with Gasteiger partial charge in [0.15, 0.2) is 0 Å². The molecule has 2 aliphatic heterocycles. The number of likely N-dealkylation sites (N-methyl/N-ethyl adjacent to an activating group) is 1. The summed E-state index contributed by atoms with van der Waals surface area (Å²) in [7, 11) is -2.61. The van der Waals surface area contributed by atoms with Crippen molar-refractivity contribution in [2.45, 2.75) is 0 Å². The molecule has 0 saturated carbocycles. The van der Waals surface area contributed by atoms with Gasteiger partial charge in [0.1, 0.15) is 22.4 Å². The minimum absolute atomic E-state index is 0.0759. The zero-order valence-corrected chi connectivity index (χ0v) is 18.3. The van der Waals surface area contributed by atoms with Crippen LogP contribution in [0.1, 0.15) is 5.56 Å². The van der Waals surface area contributed by atoms with E-state index in [0.717, 1.165) is 52.7 Å². The highest BCUT2D eigenvalue weighted by atomic mass is 32.1. The molecule has 3 heterocycles. The van der Waals surface area contributed by atoms with Crippen LogP contribution in [0.25, 0.3) is 10.1 Å². The van der Waals surface area contributed by atoms with Crippen molar-refractivity contribution in [3.8, 4) is 5.75 Å². The van der Waals surface area contributed by atoms with Gasteiger partial charge in [-0.2, -0.15) is 0 Å². The summed E-state index contributed by atoms with van der Waals surface area (Å²) < 4.78 is 31.0. The molecule has 0 spiro atoms. The Labute approximate surface area is 181 Å². The van der Waals surface area contributed by atoms with E-state index in [9.17, 15) is 18.7 Å². The van der Waals surface area contributed by atoms with Gasteiger partial charge in [-0.15, -0.1) is 11.3 Å². The Hall–Kier alpha value is -2.49. The molecule has 0 bridgehead atoms. The summed E-state index contributed by atoms with van der Waals surface area (Å²) in [5.41, 5.74) is 2.02. The van der Waals surface area contributed by atoms with Crippen molar-refractivity contribution in [1.29, 1.82) is 0 Å². The fourth-order valence-corrected chi connectivity index (χ4v) is 5.31. The monoisotopic (exact) mass is 462 g/mol. The van der Waals surface area contributed by atoms with Gasteiger partial charge in [-0.3, -0.25) is 9.79 Å². The summed E-state index contributed by atoms with van der Waals surface area (Å²) in [6.45, 7) is 3.32. The fraction of sp³-hybridized carbons (Fsp3) is 0.250. The van der Waals surface area contributed by atoms with E-state index in [-0.39, 0.29) is 11.6 Å². The molecule has 0 atom stereocenters. The number of fused-ring (bicyclic) bond motifs is 4. The Morgan fingerprint density at radius 1 is 1.16 bits per heavy atom. The summed E-state index contributed by atoms with van der Waals surface area (Å²) in [4.78, 5) is 27.8. The zero-order valence-electron chi connectivity index (χ0n) is 16.6. The maximum absolute atomic E-state index is 13.9. The Kier molecular flexibility index (Phi) is 4.99. The van der Waals surface area contributed by atoms with Crippen LogP contribution in [-0.2, 0) is 4.57 Å². The van der Waals surface area contributed by atoms with Crippen molar-refractivity contribution in [1.82, 2.24) is 9.80 Å². The summed E-state index contributed by atoms with van der Waals surface area (Å²) >= 11 is 1.48. The summed E-state index contributed by atoms with van der Waals surface area (Å²) in [6.07, 6.45) is 0. The molecule has 2 aromatic carbocycles. The van der Waals surface area contributed by atoms with E-state index in [1.807, 2.05) is 0 Å². The lowest BCUT2D eigenvalue weighted by Crippen LogP contribution is -2.47. The van der Waals surface area contributed by atoms with E-state index >= 15 is 0 Å². The second-order valence-corrected chi connectivity index (χ2v) is 9.77. The van der Waals surface area contributed by atoms with Crippen LogP contribution >= 0.6 is 19.2 Å². The van der Waals surface area contributed by atoms with Gasteiger partial charge in [-0.1, -0.05) is 0 Å². The van der Waals surface area contributed by atoms with Crippen molar-refractivity contribution >= 4 is 51.5 Å². The molecular weight excluding hydrogens is 442 g/mol. The number of amidine groups is 1. The Morgan fingerprint density at radius 2 is 1.94 bits per heavy atom. The number of piperazine rings is 1. The van der Waals surface area contributed by atoms with E-state index in [1.165, 1.54) is 29.5 Å². The predicted molar refractivity (Wildman–Crippen MR) is 119 cm³/mol. The molecule has 11 heteroatoms. The number of hydrogen-bond donors (Lipinski definition) is 3. The molecule has 0 radical (unpaired) electrons. The number of nitrogens with one attached hydrogen (secondary N) is 1. The first-order valence-corrected chi connectivity index (χ1v) is 12.0. The highest BCUT2D eigenvalue weighted by Gasteiger charge is 2.28. The second kappa shape index (κ2) is 7.58. The zero-order chi connectivity index (χ0) is 21.8. The van der Waals surface area contributed by atoms with Crippen molar-refractivity contribution in [2.24, 2.45) is 4.99 Å². The molecule has 1 saturated heterocycles. The summed E-state index contributed by atoms with van der Waals surface area (Å²) in [6, 6.07) is 9.35. The van der Waals surface area contributed by atoms with Gasteiger partial charge in [-0.25, -0.2) is 13.9 Å². The number of anilines is 2. The van der Waals surface area contributed by atoms with Crippen LogP contribution in [0, 0.1) is 5.82 Å². The van der Waals surface area contributed by atoms with Crippen LogP contribution in [0.2, 0.25) is 0 Å². The lowest BCUT2D eigenvalue weighted by Gasteiger charge is -2.34. The average Bonchev–Trinajstić information content (AvgIpc) is 2.95. The number of benzene rings is 2. The van der Waals surface area contributed by atoms with Gasteiger partial charge < -0.3 is 19.6 Å². The molecule has 3 N–H and O–H groups in total. The minimum Gasteiger partial charge on any atom is -0.404 e. The Balaban J connectivity index is 1.69. The van der Waals surface area contributed by atoms with E-state index in [2.05, 4.69) is 22.2 Å². The van der Waals surface area contributed by atoms with Gasteiger partial charge in [0.2, 0.25) is 0 Å². The molecule has 2 aliphatic rings. The number of aliphatic imine (C=N–C) groups is 1. The number of phosphoric ester groups is 1. The van der Waals surface area contributed by atoms with Gasteiger partial charge >= 0.3 is 7.82 Å². The van der Waals surface area contributed by atoms with E-state index in [0.29, 0.717) is 11.4 Å². The van der Waals surface area contributed by atoms with Crippen molar-refractivity contribution in [3.05, 3.63) is 47.8 Å². The number of nitrogens with zero attached hydrogens (tertiary/aromatic N) is 3. The molecular formula is C20H20FN4O4PS. The molecule has 162 valence electrons. The highest BCUT2D eigenvalue weighted by molar-refractivity contribution is 7.46. The van der Waals surface area contributed by atoms with Crippen LogP contribution in [0.5, 0.6) is 5.75 Å². The number of phosphoric acid groups is 1. The van der Waals surface area contributed by atoms with Crippen LogP contribution in [0.15, 0.2) is 41.4 Å². The van der Waals surface area contributed by atoms with Crippen LogP contribution in [0.4, 0.5) is 20.8 Å². The largest absolute Gasteiger partial charge is 0.524 e. The number of hydrogen-bond acceptors (Lipinski definition) is 7. The van der Waals surface area contributed by atoms with Gasteiger partial charge in [0, 0.05) is 36.3 Å². The number of thiophene rings is 1. The maximum Gasteiger partial charge on any atom is 0.524 e. The Bertz CT molecular complexity index is 1250. The van der Waals surface area contributed by atoms with Crippen LogP contribution in [0.3, 0.4) is 0 Å². The SMILES string of the molecule is CN1CCN(C2=Nc3ccc(F)cc3Nc3sc4ccc(OP(=O)(O)O)cc4c32)CC1. The standard InChI is InChI=1S/C20H20FN4O4PS/c1-24-6-8-25(9-7-24)19-18-14-11-13(29-30(26,27)28)3-5-17(14)31-20(18)23-16-10-12(21)2-4-15(16)22-19/h2-5,10-11,23H,6-9H2,1H3,(H2,26,27,28). The van der Waals surface area contributed by atoms with Crippen LogP contribution in [-0.4, -0.2) is 58.6 Å². The minimum atomic E-state index is -4.69. The molecule has 5 rings (SSSR count). The average molecular weight is 462 g/mol. The van der Waals surface area contributed by atoms with E-state index < -0.39 is 7.82 Å². The molecule has 1 fully saturated rings. The van der Waals surface area contributed by atoms with Crippen molar-refractivity contribution < 1.29 is 23.3 Å². The Morgan fingerprint density at radius 3 is 2.68 bits per heavy atom. The smallest absolute Gasteiger partial charge is 0.404 e. The first kappa shape index (κ1) is 20.4. The normalized spacial score (nSPS) is 16.9. The number of halogens is 1. The lowest BCUT2D eigenvalue weighted by atomic mass is 10.1. The third-order valence-corrected chi connectivity index (χ3v) is 6.88.